The molecular weight excluding hydrogens is 448 g/mol. The summed E-state index contributed by atoms with van der Waals surface area (Å²) in [6, 6.07) is 8.12. The molecule has 1 aromatic heterocycles. The number of hydrogen-bond donors (Lipinski definition) is 1. The Balaban J connectivity index is 1.59. The van der Waals surface area contributed by atoms with Gasteiger partial charge in [0.2, 0.25) is 5.95 Å². The van der Waals surface area contributed by atoms with Gasteiger partial charge in [0.05, 0.1) is 17.1 Å². The number of amides is 1. The minimum atomic E-state index is -0.675. The Kier molecular flexibility index (Phi) is 6.67. The molecule has 0 bridgehead atoms. The highest BCUT2D eigenvalue weighted by atomic mass is 79.9. The minimum absolute atomic E-state index is 0.0242. The average molecular weight is 477 g/mol. The number of benzene rings is 1. The number of anilines is 2. The van der Waals surface area contributed by atoms with Crippen LogP contribution in [0.5, 0.6) is 0 Å². The molecule has 30 heavy (non-hydrogen) atoms. The highest BCUT2D eigenvalue weighted by Crippen LogP contribution is 2.31. The number of nitrogens with one attached hydrogen (secondary N) is 1. The first-order valence-corrected chi connectivity index (χ1v) is 10.8. The first-order valence-electron chi connectivity index (χ1n) is 10.0. The number of hydrogen-bond acceptors (Lipinski definition) is 6. The van der Waals surface area contributed by atoms with E-state index in [2.05, 4.69) is 43.3 Å². The van der Waals surface area contributed by atoms with Gasteiger partial charge < -0.3 is 14.8 Å². The molecule has 1 N–H and O–H groups in total. The third-order valence-electron chi connectivity index (χ3n) is 4.76. The summed E-state index contributed by atoms with van der Waals surface area (Å²) in [6.07, 6.45) is 4.70. The molecule has 0 saturated carbocycles. The number of rotatable bonds is 5. The van der Waals surface area contributed by atoms with Crippen molar-refractivity contribution >= 4 is 33.7 Å². The van der Waals surface area contributed by atoms with Crippen molar-refractivity contribution in [3.63, 3.8) is 0 Å². The predicted octanol–water partition coefficient (Wildman–Crippen LogP) is 5.29. The minimum Gasteiger partial charge on any atom is -0.444 e. The Morgan fingerprint density at radius 1 is 1.27 bits per heavy atom. The summed E-state index contributed by atoms with van der Waals surface area (Å²) in [5.74, 6) is 0.546. The van der Waals surface area contributed by atoms with Crippen molar-refractivity contribution in [2.45, 2.75) is 64.8 Å². The highest BCUT2D eigenvalue weighted by molar-refractivity contribution is 9.10. The van der Waals surface area contributed by atoms with E-state index < -0.39 is 11.3 Å². The second-order valence-electron chi connectivity index (χ2n) is 8.85. The Morgan fingerprint density at radius 3 is 2.50 bits per heavy atom. The Morgan fingerprint density at radius 2 is 1.90 bits per heavy atom. The molecule has 0 radical (unpaired) electrons. The average Bonchev–Trinajstić information content (AvgIpc) is 2.96. The van der Waals surface area contributed by atoms with E-state index in [9.17, 15) is 4.79 Å². The van der Waals surface area contributed by atoms with E-state index in [0.29, 0.717) is 12.6 Å². The third-order valence-corrected chi connectivity index (χ3v) is 5.17. The van der Waals surface area contributed by atoms with Gasteiger partial charge in [-0.15, -0.1) is 0 Å². The van der Waals surface area contributed by atoms with Gasteiger partial charge in [0, 0.05) is 18.1 Å². The van der Waals surface area contributed by atoms with Crippen molar-refractivity contribution < 1.29 is 14.3 Å². The van der Waals surface area contributed by atoms with Crippen LogP contribution in [0.1, 0.15) is 46.6 Å². The molecule has 162 valence electrons. The van der Waals surface area contributed by atoms with Gasteiger partial charge in [0.25, 0.3) is 0 Å². The zero-order chi connectivity index (χ0) is 21.9. The second-order valence-corrected chi connectivity index (χ2v) is 9.76. The second kappa shape index (κ2) is 8.89. The number of halogens is 1. The van der Waals surface area contributed by atoms with Gasteiger partial charge in [0.15, 0.2) is 0 Å². The van der Waals surface area contributed by atoms with Gasteiger partial charge in [-0.2, -0.15) is 0 Å². The smallest absolute Gasteiger partial charge is 0.412 e. The maximum atomic E-state index is 12.7. The summed E-state index contributed by atoms with van der Waals surface area (Å²) >= 11 is 3.33. The topological polar surface area (TPSA) is 76.6 Å². The van der Waals surface area contributed by atoms with Crippen LogP contribution in [0.3, 0.4) is 0 Å². The van der Waals surface area contributed by atoms with Gasteiger partial charge in [0.1, 0.15) is 11.3 Å². The van der Waals surface area contributed by atoms with Gasteiger partial charge in [-0.25, -0.2) is 14.8 Å². The number of aryl methyl sites for hydroxylation is 1. The molecule has 1 aliphatic heterocycles. The molecule has 2 heterocycles. The lowest BCUT2D eigenvalue weighted by molar-refractivity contribution is -0.0626. The van der Waals surface area contributed by atoms with Crippen molar-refractivity contribution in [1.82, 2.24) is 14.9 Å². The van der Waals surface area contributed by atoms with E-state index in [1.807, 2.05) is 46.8 Å². The molecule has 7 nitrogen and oxygen atoms in total. The molecule has 1 atom stereocenters. The van der Waals surface area contributed by atoms with E-state index in [4.69, 9.17) is 9.47 Å². The van der Waals surface area contributed by atoms with Crippen LogP contribution in [-0.4, -0.2) is 44.9 Å². The fourth-order valence-corrected chi connectivity index (χ4v) is 3.58. The van der Waals surface area contributed by atoms with Crippen LogP contribution in [0.25, 0.3) is 0 Å². The molecule has 1 amide bonds. The molecule has 0 aliphatic carbocycles. The Hall–Kier alpha value is -2.19. The quantitative estimate of drug-likeness (QED) is 0.631. The lowest BCUT2D eigenvalue weighted by Gasteiger charge is -2.35. The molecule has 1 saturated heterocycles. The summed E-state index contributed by atoms with van der Waals surface area (Å²) in [6.45, 7) is 9.94. The van der Waals surface area contributed by atoms with Crippen LogP contribution in [0.15, 0.2) is 41.1 Å². The molecule has 1 fully saturated rings. The van der Waals surface area contributed by atoms with Crippen LogP contribution in [0.2, 0.25) is 0 Å². The molecule has 0 spiro atoms. The summed E-state index contributed by atoms with van der Waals surface area (Å²) < 4.78 is 12.3. The molecule has 8 heteroatoms. The number of carbonyl (C=O) groups is 1. The van der Waals surface area contributed by atoms with Gasteiger partial charge in [-0.3, -0.25) is 4.90 Å². The highest BCUT2D eigenvalue weighted by Gasteiger charge is 2.45. The van der Waals surface area contributed by atoms with E-state index in [0.717, 1.165) is 23.0 Å². The number of carbonyl (C=O) groups excluding carboxylic acids is 1. The maximum Gasteiger partial charge on any atom is 0.412 e. The van der Waals surface area contributed by atoms with Gasteiger partial charge in [-0.1, -0.05) is 12.1 Å². The van der Waals surface area contributed by atoms with Crippen LogP contribution in [0, 0.1) is 0 Å². The van der Waals surface area contributed by atoms with Crippen LogP contribution in [0.4, 0.5) is 16.4 Å². The Bertz CT molecular complexity index is 863. The number of aromatic nitrogens is 2. The molecule has 1 aromatic carbocycles. The summed E-state index contributed by atoms with van der Waals surface area (Å²) in [7, 11) is 0. The lowest BCUT2D eigenvalue weighted by atomic mass is 10.0. The molecule has 2 aromatic rings. The maximum absolute atomic E-state index is 12.7. The largest absolute Gasteiger partial charge is 0.444 e. The van der Waals surface area contributed by atoms with Crippen molar-refractivity contribution in [2.24, 2.45) is 0 Å². The Labute approximate surface area is 186 Å². The fraction of sp³-hybridized carbons (Fsp3) is 0.500. The predicted molar refractivity (Wildman–Crippen MR) is 120 cm³/mol. The lowest BCUT2D eigenvalue weighted by Crippen LogP contribution is -2.49. The standard InChI is InChI=1S/C22H29BrN4O3/c1-21(2,3)30-20(28)27-18(14-29-22(27,4)5)11-8-15-6-9-17(10-7-15)26-19-24-12-16(23)13-25-19/h6-7,9-10,12-13,18H,8,11,14H2,1-5H3,(H,24,25,26). The first kappa shape index (κ1) is 22.5. The monoisotopic (exact) mass is 476 g/mol. The summed E-state index contributed by atoms with van der Waals surface area (Å²) in [5.41, 5.74) is 0.889. The zero-order valence-electron chi connectivity index (χ0n) is 18.1. The molecule has 1 aliphatic rings. The first-order chi connectivity index (χ1) is 14.0. The van der Waals surface area contributed by atoms with E-state index in [1.165, 1.54) is 5.56 Å². The van der Waals surface area contributed by atoms with Crippen molar-refractivity contribution in [2.75, 3.05) is 11.9 Å². The van der Waals surface area contributed by atoms with E-state index >= 15 is 0 Å². The molecule has 3 rings (SSSR count). The van der Waals surface area contributed by atoms with Crippen molar-refractivity contribution in [1.29, 1.82) is 0 Å². The van der Waals surface area contributed by atoms with E-state index in [-0.39, 0.29) is 12.1 Å². The third kappa shape index (κ3) is 5.92. The summed E-state index contributed by atoms with van der Waals surface area (Å²) in [4.78, 5) is 22.9. The molecule has 1 unspecified atom stereocenters. The van der Waals surface area contributed by atoms with Gasteiger partial charge >= 0.3 is 6.09 Å². The van der Waals surface area contributed by atoms with E-state index in [1.54, 1.807) is 17.3 Å². The fourth-order valence-electron chi connectivity index (χ4n) is 3.37. The van der Waals surface area contributed by atoms with Crippen molar-refractivity contribution in [3.05, 3.63) is 46.7 Å². The van der Waals surface area contributed by atoms with Gasteiger partial charge in [-0.05, 0) is 81.1 Å². The number of nitrogens with zero attached hydrogens (tertiary/aromatic N) is 3. The van der Waals surface area contributed by atoms with Crippen LogP contribution < -0.4 is 5.32 Å². The normalized spacial score (nSPS) is 18.3. The molecular formula is C22H29BrN4O3. The summed E-state index contributed by atoms with van der Waals surface area (Å²) in [5, 5.41) is 3.18. The van der Waals surface area contributed by atoms with Crippen LogP contribution >= 0.6 is 15.9 Å². The van der Waals surface area contributed by atoms with Crippen molar-refractivity contribution in [3.8, 4) is 0 Å². The van der Waals surface area contributed by atoms with Crippen LogP contribution in [-0.2, 0) is 15.9 Å². The SMILES string of the molecule is CC(C)(C)OC(=O)N1C(CCc2ccc(Nc3ncc(Br)cn3)cc2)COC1(C)C. The zero-order valence-corrected chi connectivity index (χ0v) is 19.7. The number of ether oxygens (including phenoxy) is 2.